The summed E-state index contributed by atoms with van der Waals surface area (Å²) in [5, 5.41) is 0. The molecule has 1 aromatic heterocycles. The highest BCUT2D eigenvalue weighted by molar-refractivity contribution is 7.94. The number of anilines is 1. The van der Waals surface area contributed by atoms with Crippen LogP contribution in [0.3, 0.4) is 0 Å². The SMILES string of the molecule is O=S(=O)(Nc1cccc(F)c1F)c1cnc(Cl)s1. The Balaban J connectivity index is 2.37. The van der Waals surface area contributed by atoms with Crippen molar-refractivity contribution in [3.8, 4) is 0 Å². The summed E-state index contributed by atoms with van der Waals surface area (Å²) in [5.41, 5.74) is -0.473. The number of sulfonamides is 1. The first-order chi connectivity index (χ1) is 8.40. The van der Waals surface area contributed by atoms with Gasteiger partial charge in [-0.15, -0.1) is 0 Å². The van der Waals surface area contributed by atoms with Gasteiger partial charge in [0.15, 0.2) is 20.3 Å². The van der Waals surface area contributed by atoms with Gasteiger partial charge in [0, 0.05) is 0 Å². The molecule has 0 saturated carbocycles. The van der Waals surface area contributed by atoms with E-state index in [0.717, 1.165) is 18.3 Å². The molecule has 18 heavy (non-hydrogen) atoms. The molecule has 1 heterocycles. The summed E-state index contributed by atoms with van der Waals surface area (Å²) in [7, 11) is -4.02. The van der Waals surface area contributed by atoms with Crippen LogP contribution in [0.2, 0.25) is 4.47 Å². The van der Waals surface area contributed by atoms with E-state index >= 15 is 0 Å². The fourth-order valence-electron chi connectivity index (χ4n) is 1.14. The largest absolute Gasteiger partial charge is 0.276 e. The van der Waals surface area contributed by atoms with Crippen LogP contribution in [-0.2, 0) is 10.0 Å². The number of hydrogen-bond acceptors (Lipinski definition) is 4. The van der Waals surface area contributed by atoms with Crippen molar-refractivity contribution >= 4 is 38.6 Å². The molecule has 0 atom stereocenters. The van der Waals surface area contributed by atoms with E-state index in [1.807, 2.05) is 4.72 Å². The molecular formula is C9H5ClF2N2O2S2. The maximum absolute atomic E-state index is 13.3. The molecule has 0 unspecified atom stereocenters. The van der Waals surface area contributed by atoms with Gasteiger partial charge in [0.1, 0.15) is 0 Å². The van der Waals surface area contributed by atoms with Crippen molar-refractivity contribution in [1.82, 2.24) is 4.98 Å². The fraction of sp³-hybridized carbons (Fsp3) is 0. The molecule has 2 rings (SSSR count). The van der Waals surface area contributed by atoms with Gasteiger partial charge in [-0.2, -0.15) is 0 Å². The van der Waals surface area contributed by atoms with Gasteiger partial charge in [0.25, 0.3) is 10.0 Å². The van der Waals surface area contributed by atoms with Crippen LogP contribution < -0.4 is 4.72 Å². The number of rotatable bonds is 3. The number of thiazole rings is 1. The quantitative estimate of drug-likeness (QED) is 0.948. The van der Waals surface area contributed by atoms with Crippen molar-refractivity contribution in [3.05, 3.63) is 40.5 Å². The normalized spacial score (nSPS) is 11.5. The molecule has 4 nitrogen and oxygen atoms in total. The molecule has 9 heteroatoms. The molecule has 0 fully saturated rings. The molecule has 1 N–H and O–H groups in total. The minimum absolute atomic E-state index is 0.0371. The summed E-state index contributed by atoms with van der Waals surface area (Å²) in [5.74, 6) is -2.41. The first-order valence-corrected chi connectivity index (χ1v) is 7.16. The minimum Gasteiger partial charge on any atom is -0.276 e. The molecule has 0 aliphatic rings. The van der Waals surface area contributed by atoms with Crippen molar-refractivity contribution in [2.45, 2.75) is 4.21 Å². The van der Waals surface area contributed by atoms with Crippen molar-refractivity contribution < 1.29 is 17.2 Å². The maximum Gasteiger partial charge on any atom is 0.273 e. The van der Waals surface area contributed by atoms with Crippen LogP contribution in [0.15, 0.2) is 28.6 Å². The predicted molar refractivity (Wildman–Crippen MR) is 64.3 cm³/mol. The Morgan fingerprint density at radius 2 is 2.06 bits per heavy atom. The summed E-state index contributed by atoms with van der Waals surface area (Å²) in [6, 6.07) is 3.19. The lowest BCUT2D eigenvalue weighted by atomic mass is 10.3. The van der Waals surface area contributed by atoms with Gasteiger partial charge >= 0.3 is 0 Å². The summed E-state index contributed by atoms with van der Waals surface area (Å²) in [6.07, 6.45) is 1.03. The summed E-state index contributed by atoms with van der Waals surface area (Å²) >= 11 is 6.22. The van der Waals surface area contributed by atoms with Crippen LogP contribution in [-0.4, -0.2) is 13.4 Å². The van der Waals surface area contributed by atoms with E-state index in [2.05, 4.69) is 4.98 Å². The van der Waals surface area contributed by atoms with Crippen LogP contribution in [0.4, 0.5) is 14.5 Å². The maximum atomic E-state index is 13.3. The van der Waals surface area contributed by atoms with Crippen LogP contribution in [0.5, 0.6) is 0 Å². The molecule has 0 saturated heterocycles. The lowest BCUT2D eigenvalue weighted by Crippen LogP contribution is -2.13. The number of benzene rings is 1. The van der Waals surface area contributed by atoms with E-state index in [4.69, 9.17) is 11.6 Å². The van der Waals surface area contributed by atoms with Crippen LogP contribution in [0.25, 0.3) is 0 Å². The second-order valence-electron chi connectivity index (χ2n) is 3.14. The third kappa shape index (κ3) is 2.60. The first kappa shape index (κ1) is 13.2. The first-order valence-electron chi connectivity index (χ1n) is 4.48. The van der Waals surface area contributed by atoms with Crippen molar-refractivity contribution in [1.29, 1.82) is 0 Å². The van der Waals surface area contributed by atoms with Gasteiger partial charge in [0.05, 0.1) is 11.9 Å². The topological polar surface area (TPSA) is 59.1 Å². The minimum atomic E-state index is -4.02. The Labute approximate surface area is 110 Å². The number of nitrogens with one attached hydrogen (secondary N) is 1. The third-order valence-electron chi connectivity index (χ3n) is 1.92. The fourth-order valence-corrected chi connectivity index (χ4v) is 3.49. The molecular weight excluding hydrogens is 306 g/mol. The van der Waals surface area contributed by atoms with E-state index in [0.29, 0.717) is 11.3 Å². The molecule has 1 aromatic carbocycles. The van der Waals surface area contributed by atoms with Gasteiger partial charge in [-0.3, -0.25) is 4.72 Å². The van der Waals surface area contributed by atoms with Crippen LogP contribution in [0, 0.1) is 11.6 Å². The van der Waals surface area contributed by atoms with Gasteiger partial charge in [-0.25, -0.2) is 22.2 Å². The zero-order chi connectivity index (χ0) is 13.3. The zero-order valence-electron chi connectivity index (χ0n) is 8.52. The van der Waals surface area contributed by atoms with Crippen molar-refractivity contribution in [2.75, 3.05) is 4.72 Å². The summed E-state index contributed by atoms with van der Waals surface area (Å²) in [6.45, 7) is 0. The standard InChI is InChI=1S/C9H5ClF2N2O2S2/c10-9-13-4-7(17-9)18(15,16)14-6-3-1-2-5(11)8(6)12/h1-4,14H. The van der Waals surface area contributed by atoms with Crippen molar-refractivity contribution in [3.63, 3.8) is 0 Å². The molecule has 0 amide bonds. The van der Waals surface area contributed by atoms with Crippen LogP contribution >= 0.6 is 22.9 Å². The van der Waals surface area contributed by atoms with Crippen LogP contribution in [0.1, 0.15) is 0 Å². The molecule has 0 bridgehead atoms. The molecule has 96 valence electrons. The molecule has 0 radical (unpaired) electrons. The van der Waals surface area contributed by atoms with Gasteiger partial charge < -0.3 is 0 Å². The second kappa shape index (κ2) is 4.79. The average molecular weight is 311 g/mol. The van der Waals surface area contributed by atoms with E-state index in [1.54, 1.807) is 0 Å². The van der Waals surface area contributed by atoms with E-state index < -0.39 is 27.3 Å². The molecule has 0 aliphatic heterocycles. The van der Waals surface area contributed by atoms with Crippen molar-refractivity contribution in [2.24, 2.45) is 0 Å². The monoisotopic (exact) mass is 310 g/mol. The number of halogens is 3. The third-order valence-corrected chi connectivity index (χ3v) is 4.86. The van der Waals surface area contributed by atoms with E-state index in [1.165, 1.54) is 6.07 Å². The Morgan fingerprint density at radius 3 is 2.67 bits per heavy atom. The lowest BCUT2D eigenvalue weighted by Gasteiger charge is -2.06. The highest BCUT2D eigenvalue weighted by Crippen LogP contribution is 2.26. The number of nitrogens with zero attached hydrogens (tertiary/aromatic N) is 1. The highest BCUT2D eigenvalue weighted by Gasteiger charge is 2.20. The molecule has 0 spiro atoms. The van der Waals surface area contributed by atoms with Gasteiger partial charge in [-0.05, 0) is 12.1 Å². The number of hydrogen-bond donors (Lipinski definition) is 1. The Kier molecular flexibility index (Phi) is 3.51. The van der Waals surface area contributed by atoms with Gasteiger partial charge in [-0.1, -0.05) is 29.0 Å². The Hall–Kier alpha value is -1.25. The highest BCUT2D eigenvalue weighted by atomic mass is 35.5. The second-order valence-corrected chi connectivity index (χ2v) is 6.66. The lowest BCUT2D eigenvalue weighted by molar-refractivity contribution is 0.511. The molecule has 0 aliphatic carbocycles. The smallest absolute Gasteiger partial charge is 0.273 e. The Morgan fingerprint density at radius 1 is 1.33 bits per heavy atom. The Bertz CT molecular complexity index is 688. The van der Waals surface area contributed by atoms with E-state index in [-0.39, 0.29) is 8.68 Å². The summed E-state index contributed by atoms with van der Waals surface area (Å²) in [4.78, 5) is 3.56. The van der Waals surface area contributed by atoms with E-state index in [9.17, 15) is 17.2 Å². The number of aromatic nitrogens is 1. The molecule has 2 aromatic rings. The zero-order valence-corrected chi connectivity index (χ0v) is 10.9. The summed E-state index contributed by atoms with van der Waals surface area (Å²) < 4.78 is 51.6. The average Bonchev–Trinajstić information content (AvgIpc) is 2.72. The predicted octanol–water partition coefficient (Wildman–Crippen LogP) is 2.88. The van der Waals surface area contributed by atoms with Gasteiger partial charge in [0.2, 0.25) is 0 Å².